The molecule has 0 saturated heterocycles. The lowest BCUT2D eigenvalue weighted by Crippen LogP contribution is -2.34. The SMILES string of the molecule is CCC(C(c1ccc2nc(-c3cccc(C(=O)O)c3)sc2c1)c1ncc[nH]1)N(C)C. The summed E-state index contributed by atoms with van der Waals surface area (Å²) in [5, 5.41) is 10.1. The quantitative estimate of drug-likeness (QED) is 0.446. The molecule has 6 nitrogen and oxygen atoms in total. The molecule has 30 heavy (non-hydrogen) atoms. The van der Waals surface area contributed by atoms with Crippen molar-refractivity contribution in [2.75, 3.05) is 14.1 Å². The average molecular weight is 421 g/mol. The number of fused-ring (bicyclic) bond motifs is 1. The zero-order valence-electron chi connectivity index (χ0n) is 17.2. The fraction of sp³-hybridized carbons (Fsp3) is 0.261. The Morgan fingerprint density at radius 3 is 2.73 bits per heavy atom. The highest BCUT2D eigenvalue weighted by molar-refractivity contribution is 7.21. The van der Waals surface area contributed by atoms with Gasteiger partial charge in [0.1, 0.15) is 10.8 Å². The van der Waals surface area contributed by atoms with Gasteiger partial charge in [0, 0.05) is 24.0 Å². The van der Waals surface area contributed by atoms with Crippen LogP contribution in [0.1, 0.15) is 41.0 Å². The maximum absolute atomic E-state index is 11.3. The standard InChI is InChI=1S/C23H24N4O2S/c1-4-18(27(2)3)20(21-24-10-11-25-21)14-8-9-17-19(13-14)30-22(26-17)15-6-5-7-16(12-15)23(28)29/h5-13,18,20H,4H2,1-3H3,(H,24,25)(H,28,29). The Balaban J connectivity index is 1.77. The van der Waals surface area contributed by atoms with Crippen LogP contribution in [0.25, 0.3) is 20.8 Å². The summed E-state index contributed by atoms with van der Waals surface area (Å²) in [7, 11) is 4.20. The highest BCUT2D eigenvalue weighted by atomic mass is 32.1. The molecule has 0 saturated carbocycles. The number of imidazole rings is 1. The average Bonchev–Trinajstić information content (AvgIpc) is 3.41. The summed E-state index contributed by atoms with van der Waals surface area (Å²) in [6.07, 6.45) is 4.65. The Labute approximate surface area is 179 Å². The van der Waals surface area contributed by atoms with Crippen LogP contribution >= 0.6 is 11.3 Å². The third-order valence-corrected chi connectivity index (χ3v) is 6.48. The number of aromatic carboxylic acids is 1. The second kappa shape index (κ2) is 8.38. The van der Waals surface area contributed by atoms with E-state index >= 15 is 0 Å². The van der Waals surface area contributed by atoms with Crippen LogP contribution in [-0.2, 0) is 0 Å². The Morgan fingerprint density at radius 1 is 1.23 bits per heavy atom. The first-order chi connectivity index (χ1) is 14.5. The predicted octanol–water partition coefficient (Wildman–Crippen LogP) is 4.86. The predicted molar refractivity (Wildman–Crippen MR) is 120 cm³/mol. The van der Waals surface area contributed by atoms with E-state index in [0.717, 1.165) is 33.0 Å². The van der Waals surface area contributed by atoms with Crippen molar-refractivity contribution in [1.29, 1.82) is 0 Å². The number of aromatic nitrogens is 3. The molecule has 154 valence electrons. The monoisotopic (exact) mass is 420 g/mol. The first-order valence-electron chi connectivity index (χ1n) is 9.88. The fourth-order valence-corrected chi connectivity index (χ4v) is 4.96. The lowest BCUT2D eigenvalue weighted by atomic mass is 9.88. The third-order valence-electron chi connectivity index (χ3n) is 5.41. The minimum absolute atomic E-state index is 0.116. The van der Waals surface area contributed by atoms with E-state index in [1.165, 1.54) is 5.56 Å². The van der Waals surface area contributed by atoms with Gasteiger partial charge in [0.2, 0.25) is 0 Å². The number of hydrogen-bond acceptors (Lipinski definition) is 5. The second-order valence-corrected chi connectivity index (χ2v) is 8.55. The van der Waals surface area contributed by atoms with E-state index in [1.807, 2.05) is 18.3 Å². The van der Waals surface area contributed by atoms with Crippen LogP contribution in [0.5, 0.6) is 0 Å². The fourth-order valence-electron chi connectivity index (χ4n) is 3.95. The maximum Gasteiger partial charge on any atom is 0.335 e. The molecular weight excluding hydrogens is 396 g/mol. The molecule has 0 amide bonds. The maximum atomic E-state index is 11.3. The van der Waals surface area contributed by atoms with E-state index in [2.05, 4.69) is 48.0 Å². The summed E-state index contributed by atoms with van der Waals surface area (Å²) in [6.45, 7) is 2.19. The number of carboxylic acid groups (broad SMARTS) is 1. The van der Waals surface area contributed by atoms with Crippen LogP contribution in [0, 0.1) is 0 Å². The number of rotatable bonds is 7. The second-order valence-electron chi connectivity index (χ2n) is 7.52. The van der Waals surface area contributed by atoms with Crippen LogP contribution in [0.2, 0.25) is 0 Å². The highest BCUT2D eigenvalue weighted by Gasteiger charge is 2.28. The van der Waals surface area contributed by atoms with Gasteiger partial charge >= 0.3 is 5.97 Å². The molecule has 0 aliphatic heterocycles. The molecule has 2 aromatic carbocycles. The van der Waals surface area contributed by atoms with Crippen molar-refractivity contribution >= 4 is 27.5 Å². The van der Waals surface area contributed by atoms with Crippen molar-refractivity contribution in [3.63, 3.8) is 0 Å². The molecule has 0 bridgehead atoms. The van der Waals surface area contributed by atoms with Crippen molar-refractivity contribution in [2.45, 2.75) is 25.3 Å². The molecule has 0 aliphatic carbocycles. The topological polar surface area (TPSA) is 82.1 Å². The largest absolute Gasteiger partial charge is 0.478 e. The molecule has 0 spiro atoms. The van der Waals surface area contributed by atoms with Crippen molar-refractivity contribution < 1.29 is 9.90 Å². The number of nitrogens with zero attached hydrogens (tertiary/aromatic N) is 3. The molecule has 0 aliphatic rings. The van der Waals surface area contributed by atoms with Crippen LogP contribution < -0.4 is 0 Å². The summed E-state index contributed by atoms with van der Waals surface area (Å²) >= 11 is 1.58. The highest BCUT2D eigenvalue weighted by Crippen LogP contribution is 2.35. The molecule has 0 radical (unpaired) electrons. The Kier molecular flexibility index (Phi) is 5.65. The lowest BCUT2D eigenvalue weighted by molar-refractivity contribution is 0.0697. The molecule has 2 heterocycles. The number of aromatic amines is 1. The smallest absolute Gasteiger partial charge is 0.335 e. The summed E-state index contributed by atoms with van der Waals surface area (Å²) in [6, 6.07) is 13.6. The number of thiazole rings is 1. The molecule has 4 aromatic rings. The zero-order chi connectivity index (χ0) is 21.3. The van der Waals surface area contributed by atoms with Gasteiger partial charge in [0.15, 0.2) is 0 Å². The summed E-state index contributed by atoms with van der Waals surface area (Å²) in [5.41, 5.74) is 3.19. The summed E-state index contributed by atoms with van der Waals surface area (Å²) in [5.74, 6) is 0.134. The van der Waals surface area contributed by atoms with Crippen molar-refractivity contribution in [2.24, 2.45) is 0 Å². The molecule has 4 rings (SSSR count). The third kappa shape index (κ3) is 3.86. The van der Waals surface area contributed by atoms with Gasteiger partial charge in [-0.05, 0) is 50.3 Å². The van der Waals surface area contributed by atoms with Gasteiger partial charge in [0.05, 0.1) is 21.7 Å². The number of hydrogen-bond donors (Lipinski definition) is 2. The molecule has 2 N–H and O–H groups in total. The van der Waals surface area contributed by atoms with E-state index < -0.39 is 5.97 Å². The van der Waals surface area contributed by atoms with Gasteiger partial charge in [-0.1, -0.05) is 25.1 Å². The summed E-state index contributed by atoms with van der Waals surface area (Å²) < 4.78 is 1.08. The van der Waals surface area contributed by atoms with Gasteiger partial charge in [-0.15, -0.1) is 11.3 Å². The van der Waals surface area contributed by atoms with Gasteiger partial charge in [-0.25, -0.2) is 14.8 Å². The van der Waals surface area contributed by atoms with E-state index in [-0.39, 0.29) is 11.5 Å². The first kappa shape index (κ1) is 20.3. The molecule has 2 aromatic heterocycles. The van der Waals surface area contributed by atoms with E-state index in [0.29, 0.717) is 6.04 Å². The van der Waals surface area contributed by atoms with Crippen molar-refractivity contribution in [3.05, 3.63) is 71.8 Å². The first-order valence-corrected chi connectivity index (χ1v) is 10.7. The van der Waals surface area contributed by atoms with Crippen molar-refractivity contribution in [3.8, 4) is 10.6 Å². The number of nitrogens with one attached hydrogen (secondary N) is 1. The van der Waals surface area contributed by atoms with Crippen LogP contribution in [0.3, 0.4) is 0 Å². The van der Waals surface area contributed by atoms with Crippen LogP contribution in [0.15, 0.2) is 54.9 Å². The molecule has 2 unspecified atom stereocenters. The van der Waals surface area contributed by atoms with E-state index in [4.69, 9.17) is 4.98 Å². The lowest BCUT2D eigenvalue weighted by Gasteiger charge is -2.31. The molecular formula is C23H24N4O2S. The Hall–Kier alpha value is -3.03. The Bertz CT molecular complexity index is 1170. The number of H-pyrrole nitrogens is 1. The summed E-state index contributed by atoms with van der Waals surface area (Å²) in [4.78, 5) is 26.1. The normalized spacial score (nSPS) is 13.6. The van der Waals surface area contributed by atoms with Crippen molar-refractivity contribution in [1.82, 2.24) is 19.9 Å². The van der Waals surface area contributed by atoms with Gasteiger partial charge in [0.25, 0.3) is 0 Å². The van der Waals surface area contributed by atoms with Gasteiger partial charge in [-0.2, -0.15) is 0 Å². The number of carboxylic acids is 1. The number of benzene rings is 2. The van der Waals surface area contributed by atoms with E-state index in [9.17, 15) is 9.90 Å². The zero-order valence-corrected chi connectivity index (χ0v) is 18.0. The number of carbonyl (C=O) groups is 1. The molecule has 0 fully saturated rings. The van der Waals surface area contributed by atoms with Gasteiger partial charge in [-0.3, -0.25) is 0 Å². The minimum atomic E-state index is -0.934. The van der Waals surface area contributed by atoms with E-state index in [1.54, 1.807) is 35.7 Å². The Morgan fingerprint density at radius 2 is 2.07 bits per heavy atom. The molecule has 2 atom stereocenters. The van der Waals surface area contributed by atoms with Crippen LogP contribution in [-0.4, -0.2) is 51.1 Å². The number of likely N-dealkylation sites (N-methyl/N-ethyl adjacent to an activating group) is 1. The van der Waals surface area contributed by atoms with Gasteiger partial charge < -0.3 is 15.0 Å². The molecule has 7 heteroatoms. The van der Waals surface area contributed by atoms with Crippen LogP contribution in [0.4, 0.5) is 0 Å². The minimum Gasteiger partial charge on any atom is -0.478 e.